The Bertz CT molecular complexity index is 1200. The second-order valence-corrected chi connectivity index (χ2v) is 9.36. The molecule has 0 saturated carbocycles. The van der Waals surface area contributed by atoms with Crippen molar-refractivity contribution < 1.29 is 4.79 Å². The fourth-order valence-electron chi connectivity index (χ4n) is 2.94. The van der Waals surface area contributed by atoms with Crippen LogP contribution in [0.1, 0.15) is 10.4 Å². The molecular formula is C21H19N3O2S3. The van der Waals surface area contributed by atoms with Crippen molar-refractivity contribution in [2.24, 2.45) is 0 Å². The van der Waals surface area contributed by atoms with Crippen LogP contribution in [-0.4, -0.2) is 21.2 Å². The molecule has 3 aromatic heterocycles. The van der Waals surface area contributed by atoms with Gasteiger partial charge in [-0.15, -0.1) is 22.7 Å². The lowest BCUT2D eigenvalue weighted by atomic mass is 10.2. The lowest BCUT2D eigenvalue weighted by Gasteiger charge is -2.12. The van der Waals surface area contributed by atoms with E-state index in [9.17, 15) is 9.59 Å². The Kier molecular flexibility index (Phi) is 6.13. The summed E-state index contributed by atoms with van der Waals surface area (Å²) in [5.74, 6) is 0.0730. The van der Waals surface area contributed by atoms with Crippen LogP contribution >= 0.6 is 34.4 Å². The number of thioether (sulfide) groups is 1. The van der Waals surface area contributed by atoms with Crippen molar-refractivity contribution in [3.8, 4) is 0 Å². The Hall–Kier alpha value is -2.42. The first-order chi connectivity index (χ1) is 14.1. The van der Waals surface area contributed by atoms with Crippen LogP contribution in [0.4, 0.5) is 5.69 Å². The third-order valence-electron chi connectivity index (χ3n) is 4.44. The Morgan fingerprint density at radius 3 is 2.79 bits per heavy atom. The highest BCUT2D eigenvalue weighted by molar-refractivity contribution is 7.99. The van der Waals surface area contributed by atoms with E-state index in [1.807, 2.05) is 54.1 Å². The molecule has 0 saturated heterocycles. The predicted molar refractivity (Wildman–Crippen MR) is 122 cm³/mol. The highest BCUT2D eigenvalue weighted by Crippen LogP contribution is 2.22. The number of anilines is 1. The molecule has 1 aromatic carbocycles. The molecule has 1 amide bonds. The molecule has 4 rings (SSSR count). The van der Waals surface area contributed by atoms with Crippen molar-refractivity contribution in [2.75, 3.05) is 11.1 Å². The van der Waals surface area contributed by atoms with Crippen LogP contribution < -0.4 is 10.9 Å². The fraction of sp³-hybridized carbons (Fsp3) is 0.190. The topological polar surface area (TPSA) is 64.0 Å². The third kappa shape index (κ3) is 4.60. The molecule has 0 spiro atoms. The number of amides is 1. The Morgan fingerprint density at radius 1 is 1.14 bits per heavy atom. The number of aryl methyl sites for hydroxylation is 2. The zero-order valence-corrected chi connectivity index (χ0v) is 18.2. The number of carbonyl (C=O) groups is 1. The third-order valence-corrected chi connectivity index (χ3v) is 7.25. The van der Waals surface area contributed by atoms with E-state index in [1.165, 1.54) is 28.0 Å². The first-order valence-corrected chi connectivity index (χ1v) is 11.8. The Labute approximate surface area is 180 Å². The van der Waals surface area contributed by atoms with Gasteiger partial charge < -0.3 is 5.32 Å². The SMILES string of the molecule is Cc1ccccc1NC(=O)CSc1nc2ccsc2c(=O)n1CCc1cccs1. The van der Waals surface area contributed by atoms with Crippen molar-refractivity contribution >= 4 is 56.2 Å². The van der Waals surface area contributed by atoms with Gasteiger partial charge in [0.25, 0.3) is 5.56 Å². The Balaban J connectivity index is 1.53. The van der Waals surface area contributed by atoms with Crippen LogP contribution in [0, 0.1) is 6.92 Å². The second-order valence-electron chi connectivity index (χ2n) is 6.47. The van der Waals surface area contributed by atoms with Gasteiger partial charge in [0.2, 0.25) is 5.91 Å². The van der Waals surface area contributed by atoms with Crippen molar-refractivity contribution in [3.63, 3.8) is 0 Å². The molecule has 0 bridgehead atoms. The normalized spacial score (nSPS) is 11.1. The van der Waals surface area contributed by atoms with Crippen molar-refractivity contribution in [2.45, 2.75) is 25.0 Å². The second kappa shape index (κ2) is 8.94. The maximum atomic E-state index is 13.0. The maximum Gasteiger partial charge on any atom is 0.272 e. The van der Waals surface area contributed by atoms with E-state index in [4.69, 9.17) is 0 Å². The van der Waals surface area contributed by atoms with Crippen molar-refractivity contribution in [1.29, 1.82) is 0 Å². The van der Waals surface area contributed by atoms with Crippen LogP contribution in [0.15, 0.2) is 63.2 Å². The van der Waals surface area contributed by atoms with Gasteiger partial charge in [-0.25, -0.2) is 4.98 Å². The highest BCUT2D eigenvalue weighted by atomic mass is 32.2. The number of para-hydroxylation sites is 1. The summed E-state index contributed by atoms with van der Waals surface area (Å²) in [6.45, 7) is 2.50. The van der Waals surface area contributed by atoms with Gasteiger partial charge in [0, 0.05) is 17.1 Å². The molecule has 0 aliphatic rings. The highest BCUT2D eigenvalue weighted by Gasteiger charge is 2.15. The average Bonchev–Trinajstić information content (AvgIpc) is 3.39. The number of carbonyl (C=O) groups excluding carboxylic acids is 1. The number of benzene rings is 1. The molecule has 148 valence electrons. The van der Waals surface area contributed by atoms with Crippen molar-refractivity contribution in [3.05, 3.63) is 74.0 Å². The van der Waals surface area contributed by atoms with Crippen LogP contribution in [0.25, 0.3) is 10.2 Å². The summed E-state index contributed by atoms with van der Waals surface area (Å²) >= 11 is 4.38. The summed E-state index contributed by atoms with van der Waals surface area (Å²) in [5.41, 5.74) is 2.46. The molecule has 3 heterocycles. The van der Waals surface area contributed by atoms with E-state index in [1.54, 1.807) is 15.9 Å². The first-order valence-electron chi connectivity index (χ1n) is 9.10. The van der Waals surface area contributed by atoms with Gasteiger partial charge >= 0.3 is 0 Å². The number of hydrogen-bond donors (Lipinski definition) is 1. The minimum atomic E-state index is -0.117. The monoisotopic (exact) mass is 441 g/mol. The number of fused-ring (bicyclic) bond motifs is 1. The quantitative estimate of drug-likeness (QED) is 0.330. The Morgan fingerprint density at radius 2 is 2.00 bits per heavy atom. The lowest BCUT2D eigenvalue weighted by Crippen LogP contribution is -2.24. The van der Waals surface area contributed by atoms with E-state index in [2.05, 4.69) is 16.4 Å². The molecule has 4 aromatic rings. The molecule has 29 heavy (non-hydrogen) atoms. The molecule has 0 radical (unpaired) electrons. The van der Waals surface area contributed by atoms with Gasteiger partial charge in [-0.3, -0.25) is 14.2 Å². The maximum absolute atomic E-state index is 13.0. The van der Waals surface area contributed by atoms with Gasteiger partial charge in [-0.2, -0.15) is 0 Å². The van der Waals surface area contributed by atoms with E-state index < -0.39 is 0 Å². The fourth-order valence-corrected chi connectivity index (χ4v) is 5.24. The summed E-state index contributed by atoms with van der Waals surface area (Å²) in [6.07, 6.45) is 0.763. The van der Waals surface area contributed by atoms with Gasteiger partial charge in [-0.1, -0.05) is 36.0 Å². The van der Waals surface area contributed by atoms with E-state index in [0.29, 0.717) is 21.9 Å². The molecular weight excluding hydrogens is 422 g/mol. The molecule has 1 N–H and O–H groups in total. The van der Waals surface area contributed by atoms with Crippen LogP contribution in [0.2, 0.25) is 0 Å². The molecule has 5 nitrogen and oxygen atoms in total. The molecule has 0 atom stereocenters. The number of aromatic nitrogens is 2. The molecule has 0 aliphatic heterocycles. The zero-order valence-electron chi connectivity index (χ0n) is 15.8. The zero-order chi connectivity index (χ0) is 20.2. The van der Waals surface area contributed by atoms with Gasteiger partial charge in [-0.05, 0) is 47.9 Å². The molecule has 8 heteroatoms. The lowest BCUT2D eigenvalue weighted by molar-refractivity contribution is -0.113. The number of rotatable bonds is 7. The van der Waals surface area contributed by atoms with E-state index >= 15 is 0 Å². The van der Waals surface area contributed by atoms with E-state index in [-0.39, 0.29) is 17.2 Å². The van der Waals surface area contributed by atoms with Gasteiger partial charge in [0.15, 0.2) is 5.16 Å². The molecule has 0 fully saturated rings. The standard InChI is InChI=1S/C21H19N3O2S3/c1-14-5-2-3-7-16(14)22-18(25)13-29-21-23-17-9-12-28-19(17)20(26)24(21)10-8-15-6-4-11-27-15/h2-7,9,11-12H,8,10,13H2,1H3,(H,22,25). The summed E-state index contributed by atoms with van der Waals surface area (Å²) in [6, 6.07) is 13.6. The average molecular weight is 442 g/mol. The van der Waals surface area contributed by atoms with Gasteiger partial charge in [0.1, 0.15) is 4.70 Å². The molecule has 0 unspecified atom stereocenters. The number of nitrogens with zero attached hydrogens (tertiary/aromatic N) is 2. The van der Waals surface area contributed by atoms with E-state index in [0.717, 1.165) is 17.7 Å². The smallest absolute Gasteiger partial charge is 0.272 e. The van der Waals surface area contributed by atoms with Crippen LogP contribution in [0.3, 0.4) is 0 Å². The predicted octanol–water partition coefficient (Wildman–Crippen LogP) is 4.80. The van der Waals surface area contributed by atoms with Crippen molar-refractivity contribution in [1.82, 2.24) is 9.55 Å². The summed E-state index contributed by atoms with van der Waals surface area (Å²) in [4.78, 5) is 31.3. The summed E-state index contributed by atoms with van der Waals surface area (Å²) in [5, 5.41) is 7.42. The summed E-state index contributed by atoms with van der Waals surface area (Å²) < 4.78 is 2.36. The minimum absolute atomic E-state index is 0.0385. The molecule has 0 aliphatic carbocycles. The van der Waals surface area contributed by atoms with Crippen LogP contribution in [0.5, 0.6) is 0 Å². The largest absolute Gasteiger partial charge is 0.325 e. The number of thiophene rings is 2. The number of hydrogen-bond acceptors (Lipinski definition) is 6. The summed E-state index contributed by atoms with van der Waals surface area (Å²) in [7, 11) is 0. The van der Waals surface area contributed by atoms with Gasteiger partial charge in [0.05, 0.1) is 11.3 Å². The first kappa shape index (κ1) is 19.9. The van der Waals surface area contributed by atoms with Crippen LogP contribution in [-0.2, 0) is 17.8 Å². The minimum Gasteiger partial charge on any atom is -0.325 e. The number of nitrogens with one attached hydrogen (secondary N) is 1.